The first-order valence-electron chi connectivity index (χ1n) is 5.23. The molecule has 4 heteroatoms. The third kappa shape index (κ3) is 0.880. The monoisotopic (exact) mass is 197 g/mol. The first-order chi connectivity index (χ1) is 6.67. The molecule has 4 fully saturated rings. The van der Waals surface area contributed by atoms with E-state index in [0.717, 1.165) is 45.6 Å². The minimum Gasteiger partial charge on any atom is -0.481 e. The summed E-state index contributed by atoms with van der Waals surface area (Å²) in [5.74, 6) is -0.590. The van der Waals surface area contributed by atoms with E-state index in [9.17, 15) is 4.79 Å². The Morgan fingerprint density at radius 3 is 2.29 bits per heavy atom. The van der Waals surface area contributed by atoms with Crippen molar-refractivity contribution in [2.75, 3.05) is 26.3 Å². The lowest BCUT2D eigenvalue weighted by Crippen LogP contribution is -2.77. The van der Waals surface area contributed by atoms with Gasteiger partial charge in [0.2, 0.25) is 0 Å². The Hall–Kier alpha value is -0.610. The molecule has 2 bridgehead atoms. The molecular weight excluding hydrogens is 182 g/mol. The topological polar surface area (TPSA) is 49.8 Å². The van der Waals surface area contributed by atoms with Gasteiger partial charge in [0.15, 0.2) is 0 Å². The number of hydrogen-bond donors (Lipinski definition) is 1. The third-order valence-corrected chi connectivity index (χ3v) is 4.14. The lowest BCUT2D eigenvalue weighted by Gasteiger charge is -2.72. The minimum absolute atomic E-state index is 0.252. The molecule has 1 heterocycles. The maximum atomic E-state index is 10.9. The van der Waals surface area contributed by atoms with Gasteiger partial charge in [-0.3, -0.25) is 9.69 Å². The zero-order valence-electron chi connectivity index (χ0n) is 8.16. The van der Waals surface area contributed by atoms with Crippen LogP contribution in [0.1, 0.15) is 19.3 Å². The average molecular weight is 197 g/mol. The van der Waals surface area contributed by atoms with Gasteiger partial charge >= 0.3 is 5.97 Å². The van der Waals surface area contributed by atoms with Crippen LogP contribution < -0.4 is 0 Å². The first-order valence-corrected chi connectivity index (χ1v) is 5.23. The number of ether oxygens (including phenoxy) is 1. The van der Waals surface area contributed by atoms with Gasteiger partial charge in [0, 0.05) is 18.6 Å². The van der Waals surface area contributed by atoms with Gasteiger partial charge in [0.1, 0.15) is 0 Å². The van der Waals surface area contributed by atoms with E-state index in [1.807, 2.05) is 0 Å². The van der Waals surface area contributed by atoms with Crippen molar-refractivity contribution in [1.29, 1.82) is 0 Å². The van der Waals surface area contributed by atoms with E-state index >= 15 is 0 Å². The number of nitrogens with zero attached hydrogens (tertiary/aromatic N) is 1. The Balaban J connectivity index is 1.65. The van der Waals surface area contributed by atoms with Gasteiger partial charge < -0.3 is 9.84 Å². The highest BCUT2D eigenvalue weighted by Gasteiger charge is 2.73. The molecule has 0 aromatic heterocycles. The SMILES string of the molecule is O=C(O)C12CC(N3CCOCC3)(C1)C2. The molecule has 0 aromatic rings. The molecule has 1 aliphatic heterocycles. The summed E-state index contributed by atoms with van der Waals surface area (Å²) in [6, 6.07) is 0. The van der Waals surface area contributed by atoms with E-state index in [4.69, 9.17) is 9.84 Å². The first kappa shape index (κ1) is 8.68. The Morgan fingerprint density at radius 2 is 1.79 bits per heavy atom. The lowest BCUT2D eigenvalue weighted by atomic mass is 9.38. The molecule has 1 saturated heterocycles. The predicted octanol–water partition coefficient (Wildman–Crippen LogP) is 0.326. The fourth-order valence-electron chi connectivity index (χ4n) is 3.33. The molecule has 4 rings (SSSR count). The number of carboxylic acid groups (broad SMARTS) is 1. The van der Waals surface area contributed by atoms with Crippen molar-refractivity contribution in [3.63, 3.8) is 0 Å². The summed E-state index contributed by atoms with van der Waals surface area (Å²) in [7, 11) is 0. The molecule has 0 unspecified atom stereocenters. The summed E-state index contributed by atoms with van der Waals surface area (Å²) in [6.07, 6.45) is 2.61. The van der Waals surface area contributed by atoms with E-state index in [1.165, 1.54) is 0 Å². The molecule has 0 amide bonds. The molecule has 78 valence electrons. The molecule has 3 saturated carbocycles. The van der Waals surface area contributed by atoms with E-state index in [-0.39, 0.29) is 11.0 Å². The maximum absolute atomic E-state index is 10.9. The highest BCUT2D eigenvalue weighted by Crippen LogP contribution is 2.69. The van der Waals surface area contributed by atoms with Crippen LogP contribution in [0, 0.1) is 5.41 Å². The van der Waals surface area contributed by atoms with E-state index in [0.29, 0.717) is 0 Å². The van der Waals surface area contributed by atoms with Gasteiger partial charge in [0.05, 0.1) is 18.6 Å². The number of rotatable bonds is 2. The zero-order valence-corrected chi connectivity index (χ0v) is 8.16. The van der Waals surface area contributed by atoms with Gasteiger partial charge in [0.25, 0.3) is 0 Å². The summed E-state index contributed by atoms with van der Waals surface area (Å²) < 4.78 is 5.30. The molecule has 4 nitrogen and oxygen atoms in total. The minimum atomic E-state index is -0.590. The van der Waals surface area contributed by atoms with E-state index in [1.54, 1.807) is 0 Å². The standard InChI is InChI=1S/C10H15NO3/c12-8(13)9-5-10(6-9,7-9)11-1-3-14-4-2-11/h1-7H2,(H,12,13). The molecule has 0 atom stereocenters. The number of carbonyl (C=O) groups is 1. The van der Waals surface area contributed by atoms with Crippen LogP contribution in [-0.2, 0) is 9.53 Å². The summed E-state index contributed by atoms with van der Waals surface area (Å²) in [4.78, 5) is 13.4. The van der Waals surface area contributed by atoms with Crippen molar-refractivity contribution in [3.05, 3.63) is 0 Å². The highest BCUT2D eigenvalue weighted by molar-refractivity contribution is 5.80. The number of hydrogen-bond acceptors (Lipinski definition) is 3. The van der Waals surface area contributed by atoms with E-state index in [2.05, 4.69) is 4.90 Å². The number of carboxylic acids is 1. The van der Waals surface area contributed by atoms with Crippen molar-refractivity contribution >= 4 is 5.97 Å². The lowest BCUT2D eigenvalue weighted by molar-refractivity contribution is -0.239. The molecule has 1 N–H and O–H groups in total. The van der Waals surface area contributed by atoms with Crippen molar-refractivity contribution in [3.8, 4) is 0 Å². The van der Waals surface area contributed by atoms with Crippen LogP contribution in [-0.4, -0.2) is 47.8 Å². The second-order valence-corrected chi connectivity index (χ2v) is 4.94. The van der Waals surface area contributed by atoms with Crippen molar-refractivity contribution in [1.82, 2.24) is 4.90 Å². The molecule has 14 heavy (non-hydrogen) atoms. The summed E-state index contributed by atoms with van der Waals surface area (Å²) in [5, 5.41) is 9.00. The molecule has 4 aliphatic rings. The third-order valence-electron chi connectivity index (χ3n) is 4.14. The average Bonchev–Trinajstić information content (AvgIpc) is 2.00. The second kappa shape index (κ2) is 2.49. The molecular formula is C10H15NO3. The molecule has 0 aromatic carbocycles. The van der Waals surface area contributed by atoms with Crippen LogP contribution in [0.3, 0.4) is 0 Å². The predicted molar refractivity (Wildman–Crippen MR) is 49.0 cm³/mol. The van der Waals surface area contributed by atoms with Gasteiger partial charge in [-0.2, -0.15) is 0 Å². The van der Waals surface area contributed by atoms with E-state index < -0.39 is 5.97 Å². The van der Waals surface area contributed by atoms with Crippen LogP contribution in [0.15, 0.2) is 0 Å². The van der Waals surface area contributed by atoms with Crippen LogP contribution in [0.2, 0.25) is 0 Å². The normalized spacial score (nSPS) is 46.6. The second-order valence-electron chi connectivity index (χ2n) is 4.94. The quantitative estimate of drug-likeness (QED) is 0.693. The Kier molecular flexibility index (Phi) is 1.55. The van der Waals surface area contributed by atoms with Crippen LogP contribution >= 0.6 is 0 Å². The smallest absolute Gasteiger partial charge is 0.309 e. The fourth-order valence-corrected chi connectivity index (χ4v) is 3.33. The van der Waals surface area contributed by atoms with Crippen molar-refractivity contribution < 1.29 is 14.6 Å². The Labute approximate surface area is 82.8 Å². The summed E-state index contributed by atoms with van der Waals surface area (Å²) in [6.45, 7) is 3.58. The zero-order chi connectivity index (χ0) is 9.81. The molecule has 0 radical (unpaired) electrons. The van der Waals surface area contributed by atoms with Crippen LogP contribution in [0.25, 0.3) is 0 Å². The van der Waals surface area contributed by atoms with Crippen molar-refractivity contribution in [2.24, 2.45) is 5.41 Å². The highest BCUT2D eigenvalue weighted by atomic mass is 16.5. The summed E-state index contributed by atoms with van der Waals surface area (Å²) >= 11 is 0. The van der Waals surface area contributed by atoms with Gasteiger partial charge in [-0.15, -0.1) is 0 Å². The summed E-state index contributed by atoms with van der Waals surface area (Å²) in [5.41, 5.74) is -0.0829. The van der Waals surface area contributed by atoms with Gasteiger partial charge in [-0.05, 0) is 19.3 Å². The Morgan fingerprint density at radius 1 is 1.21 bits per heavy atom. The van der Waals surface area contributed by atoms with Gasteiger partial charge in [-0.1, -0.05) is 0 Å². The number of aliphatic carboxylic acids is 1. The molecule has 3 aliphatic carbocycles. The van der Waals surface area contributed by atoms with Crippen molar-refractivity contribution in [2.45, 2.75) is 24.8 Å². The van der Waals surface area contributed by atoms with Crippen LogP contribution in [0.4, 0.5) is 0 Å². The molecule has 0 spiro atoms. The fraction of sp³-hybridized carbons (Fsp3) is 0.900. The van der Waals surface area contributed by atoms with Gasteiger partial charge in [-0.25, -0.2) is 0 Å². The Bertz CT molecular complexity index is 263. The van der Waals surface area contributed by atoms with Crippen LogP contribution in [0.5, 0.6) is 0 Å². The largest absolute Gasteiger partial charge is 0.481 e. The maximum Gasteiger partial charge on any atom is 0.309 e. The number of morpholine rings is 1.